The number of amides is 1. The summed E-state index contributed by atoms with van der Waals surface area (Å²) in [6.07, 6.45) is 0.640. The average Bonchev–Trinajstić information content (AvgIpc) is 2.46. The summed E-state index contributed by atoms with van der Waals surface area (Å²) >= 11 is 0. The highest BCUT2D eigenvalue weighted by Crippen LogP contribution is 2.16. The first-order valence-electron chi connectivity index (χ1n) is 7.29. The minimum absolute atomic E-state index is 0.0113. The molecule has 0 aliphatic carbocycles. The fourth-order valence-electron chi connectivity index (χ4n) is 2.58. The van der Waals surface area contributed by atoms with Gasteiger partial charge in [-0.15, -0.1) is 0 Å². The van der Waals surface area contributed by atoms with E-state index in [0.717, 1.165) is 0 Å². The van der Waals surface area contributed by atoms with Crippen LogP contribution < -0.4 is 10.6 Å². The molecule has 0 saturated heterocycles. The second-order valence-corrected chi connectivity index (χ2v) is 5.84. The average molecular weight is 290 g/mol. The van der Waals surface area contributed by atoms with Crippen LogP contribution in [0.15, 0.2) is 24.3 Å². The molecule has 1 aromatic rings. The van der Waals surface area contributed by atoms with Crippen LogP contribution in [0.4, 0.5) is 0 Å². The van der Waals surface area contributed by atoms with E-state index >= 15 is 0 Å². The summed E-state index contributed by atoms with van der Waals surface area (Å²) in [5.74, 6) is -1.56. The number of aliphatic carboxylic acids is 1. The van der Waals surface area contributed by atoms with Crippen LogP contribution in [0.5, 0.6) is 0 Å². The predicted octanol–water partition coefficient (Wildman–Crippen LogP) is 1.17. The lowest BCUT2D eigenvalue weighted by molar-refractivity contribution is -0.143. The van der Waals surface area contributed by atoms with Crippen LogP contribution in [0.1, 0.15) is 25.0 Å². The lowest BCUT2D eigenvalue weighted by Gasteiger charge is -2.26. The van der Waals surface area contributed by atoms with Crippen LogP contribution >= 0.6 is 0 Å². The number of carboxylic acids is 1. The molecule has 0 fully saturated rings. The highest BCUT2D eigenvalue weighted by Gasteiger charge is 2.26. The van der Waals surface area contributed by atoms with E-state index in [1.54, 1.807) is 0 Å². The number of carbonyl (C=O) groups is 2. The van der Waals surface area contributed by atoms with Crippen molar-refractivity contribution in [1.82, 2.24) is 10.6 Å². The van der Waals surface area contributed by atoms with Gasteiger partial charge in [0.05, 0.1) is 12.0 Å². The molecule has 3 N–H and O–H groups in total. The molecule has 0 radical (unpaired) electrons. The molecule has 1 unspecified atom stereocenters. The molecular formula is C16H22N2O3. The molecule has 2 rings (SSSR count). The number of benzene rings is 1. The molecule has 1 amide bonds. The summed E-state index contributed by atoms with van der Waals surface area (Å²) in [5, 5.41) is 15.1. The van der Waals surface area contributed by atoms with Crippen molar-refractivity contribution in [3.63, 3.8) is 0 Å². The van der Waals surface area contributed by atoms with Gasteiger partial charge in [0.1, 0.15) is 0 Å². The number of hydrogen-bond donors (Lipinski definition) is 3. The third-order valence-corrected chi connectivity index (χ3v) is 4.02. The van der Waals surface area contributed by atoms with Crippen LogP contribution in [0.2, 0.25) is 0 Å². The number of hydrogen-bond acceptors (Lipinski definition) is 3. The zero-order valence-electron chi connectivity index (χ0n) is 12.4. The Morgan fingerprint density at radius 2 is 2.00 bits per heavy atom. The monoisotopic (exact) mass is 290 g/mol. The van der Waals surface area contributed by atoms with Crippen molar-refractivity contribution >= 4 is 11.9 Å². The van der Waals surface area contributed by atoms with E-state index in [0.29, 0.717) is 13.0 Å². The van der Waals surface area contributed by atoms with Crippen LogP contribution in [-0.4, -0.2) is 29.6 Å². The van der Waals surface area contributed by atoms with E-state index in [1.807, 2.05) is 32.0 Å². The zero-order valence-corrected chi connectivity index (χ0v) is 12.4. The van der Waals surface area contributed by atoms with E-state index in [-0.39, 0.29) is 24.4 Å². The minimum Gasteiger partial charge on any atom is -0.481 e. The number of rotatable bonds is 5. The Hall–Kier alpha value is -1.88. The van der Waals surface area contributed by atoms with Crippen molar-refractivity contribution in [3.05, 3.63) is 35.4 Å². The molecule has 0 spiro atoms. The van der Waals surface area contributed by atoms with Crippen LogP contribution in [0.25, 0.3) is 0 Å². The Balaban J connectivity index is 1.92. The summed E-state index contributed by atoms with van der Waals surface area (Å²) in [6, 6.07) is 7.75. The quantitative estimate of drug-likeness (QED) is 0.761. The van der Waals surface area contributed by atoms with Crippen molar-refractivity contribution in [2.24, 2.45) is 11.8 Å². The van der Waals surface area contributed by atoms with Crippen molar-refractivity contribution in [3.8, 4) is 0 Å². The fourth-order valence-corrected chi connectivity index (χ4v) is 2.58. The fraction of sp³-hybridized carbons (Fsp3) is 0.500. The maximum atomic E-state index is 12.2. The first kappa shape index (κ1) is 15.5. The number of carbonyl (C=O) groups excluding carboxylic acids is 1. The molecule has 1 aromatic carbocycles. The van der Waals surface area contributed by atoms with Gasteiger partial charge in [-0.25, -0.2) is 0 Å². The predicted molar refractivity (Wildman–Crippen MR) is 79.7 cm³/mol. The second-order valence-electron chi connectivity index (χ2n) is 5.84. The van der Waals surface area contributed by atoms with Gasteiger partial charge in [-0.3, -0.25) is 9.59 Å². The first-order chi connectivity index (χ1) is 9.99. The highest BCUT2D eigenvalue weighted by atomic mass is 16.4. The summed E-state index contributed by atoms with van der Waals surface area (Å²) in [5.41, 5.74) is 2.39. The van der Waals surface area contributed by atoms with Crippen molar-refractivity contribution in [2.75, 3.05) is 6.54 Å². The third kappa shape index (κ3) is 3.82. The molecule has 1 aliphatic heterocycles. The van der Waals surface area contributed by atoms with Gasteiger partial charge in [-0.05, 0) is 23.5 Å². The number of fused-ring (bicyclic) bond motifs is 1. The molecule has 1 heterocycles. The Bertz CT molecular complexity index is 528. The van der Waals surface area contributed by atoms with Gasteiger partial charge in [-0.2, -0.15) is 0 Å². The van der Waals surface area contributed by atoms with Gasteiger partial charge in [0.15, 0.2) is 0 Å². The smallest absolute Gasteiger partial charge is 0.308 e. The van der Waals surface area contributed by atoms with Crippen molar-refractivity contribution < 1.29 is 14.7 Å². The van der Waals surface area contributed by atoms with E-state index in [1.165, 1.54) is 11.1 Å². The zero-order chi connectivity index (χ0) is 15.4. The second kappa shape index (κ2) is 6.72. The van der Waals surface area contributed by atoms with Gasteiger partial charge in [0.25, 0.3) is 0 Å². The van der Waals surface area contributed by atoms with Crippen LogP contribution in [0, 0.1) is 11.8 Å². The SMILES string of the molecule is CC(C)C(CNC(=O)[C@@H]1Cc2ccccc2CN1)C(=O)O. The molecule has 114 valence electrons. The van der Waals surface area contributed by atoms with E-state index in [4.69, 9.17) is 5.11 Å². The van der Waals surface area contributed by atoms with E-state index < -0.39 is 11.9 Å². The van der Waals surface area contributed by atoms with Crippen molar-refractivity contribution in [1.29, 1.82) is 0 Å². The van der Waals surface area contributed by atoms with E-state index in [2.05, 4.69) is 16.7 Å². The lowest BCUT2D eigenvalue weighted by atomic mass is 9.94. The van der Waals surface area contributed by atoms with Crippen molar-refractivity contribution in [2.45, 2.75) is 32.9 Å². The molecule has 21 heavy (non-hydrogen) atoms. The Morgan fingerprint density at radius 3 is 2.62 bits per heavy atom. The number of nitrogens with one attached hydrogen (secondary N) is 2. The Labute approximate surface area is 124 Å². The standard InChI is InChI=1S/C16H22N2O3/c1-10(2)13(16(20)21)9-18-15(19)14-7-11-5-3-4-6-12(11)8-17-14/h3-6,10,13-14,17H,7-9H2,1-2H3,(H,18,19)(H,20,21)/t13?,14-/m0/s1. The van der Waals surface area contributed by atoms with Gasteiger partial charge < -0.3 is 15.7 Å². The van der Waals surface area contributed by atoms with Crippen LogP contribution in [-0.2, 0) is 22.6 Å². The first-order valence-corrected chi connectivity index (χ1v) is 7.29. The summed E-state index contributed by atoms with van der Waals surface area (Å²) < 4.78 is 0. The Kier molecular flexibility index (Phi) is 4.96. The summed E-state index contributed by atoms with van der Waals surface area (Å²) in [7, 11) is 0. The molecule has 2 atom stereocenters. The molecule has 5 nitrogen and oxygen atoms in total. The molecular weight excluding hydrogens is 268 g/mol. The lowest BCUT2D eigenvalue weighted by Crippen LogP contribution is -2.49. The summed E-state index contributed by atoms with van der Waals surface area (Å²) in [6.45, 7) is 4.53. The van der Waals surface area contributed by atoms with Gasteiger partial charge in [0, 0.05) is 13.1 Å². The topological polar surface area (TPSA) is 78.4 Å². The normalized spacial score (nSPS) is 18.9. The molecule has 0 bridgehead atoms. The minimum atomic E-state index is -0.868. The maximum Gasteiger partial charge on any atom is 0.308 e. The molecule has 0 saturated carbocycles. The highest BCUT2D eigenvalue weighted by molar-refractivity contribution is 5.83. The number of carboxylic acid groups (broad SMARTS) is 1. The Morgan fingerprint density at radius 1 is 1.33 bits per heavy atom. The van der Waals surface area contributed by atoms with Gasteiger partial charge >= 0.3 is 5.97 Å². The summed E-state index contributed by atoms with van der Waals surface area (Å²) in [4.78, 5) is 23.3. The van der Waals surface area contributed by atoms with E-state index in [9.17, 15) is 9.59 Å². The van der Waals surface area contributed by atoms with Gasteiger partial charge in [0.2, 0.25) is 5.91 Å². The third-order valence-electron chi connectivity index (χ3n) is 4.02. The van der Waals surface area contributed by atoms with Gasteiger partial charge in [-0.1, -0.05) is 38.1 Å². The van der Waals surface area contributed by atoms with Crippen LogP contribution in [0.3, 0.4) is 0 Å². The molecule has 5 heteroatoms. The molecule has 0 aromatic heterocycles. The molecule has 1 aliphatic rings. The maximum absolute atomic E-state index is 12.2. The largest absolute Gasteiger partial charge is 0.481 e.